The molecule has 0 bridgehead atoms. The van der Waals surface area contributed by atoms with Gasteiger partial charge < -0.3 is 9.84 Å². The Morgan fingerprint density at radius 3 is 2.94 bits per heavy atom. The van der Waals surface area contributed by atoms with Crippen molar-refractivity contribution in [1.29, 1.82) is 0 Å². The van der Waals surface area contributed by atoms with Crippen molar-refractivity contribution in [3.05, 3.63) is 40.1 Å². The highest BCUT2D eigenvalue weighted by Crippen LogP contribution is 2.24. The number of anilines is 1. The molecule has 4 nitrogen and oxygen atoms in total. The maximum atomic E-state index is 5.14. The summed E-state index contributed by atoms with van der Waals surface area (Å²) in [5.74, 6) is 0.708. The highest BCUT2D eigenvalue weighted by molar-refractivity contribution is 9.10. The molecule has 0 radical (unpaired) electrons. The zero-order valence-electron chi connectivity index (χ0n) is 9.19. The first-order valence-corrected chi connectivity index (χ1v) is 6.43. The fraction of sp³-hybridized carbons (Fsp3) is 0.333. The average Bonchev–Trinajstić information content (AvgIpc) is 3.02. The highest BCUT2D eigenvalue weighted by Gasteiger charge is 2.23. The van der Waals surface area contributed by atoms with Crippen LogP contribution in [0.4, 0.5) is 6.01 Å². The molecule has 1 saturated carbocycles. The number of nitrogens with one attached hydrogen (secondary N) is 1. The van der Waals surface area contributed by atoms with Crippen LogP contribution in [0.25, 0.3) is 0 Å². The van der Waals surface area contributed by atoms with E-state index < -0.39 is 0 Å². The van der Waals surface area contributed by atoms with E-state index in [0.29, 0.717) is 24.3 Å². The lowest BCUT2D eigenvalue weighted by molar-refractivity contribution is 0.423. The number of hydrogen-bond donors (Lipinski definition) is 1. The molecular formula is C12H12BrN3O. The fourth-order valence-electron chi connectivity index (χ4n) is 1.60. The Morgan fingerprint density at radius 1 is 1.35 bits per heavy atom. The molecular weight excluding hydrogens is 282 g/mol. The zero-order chi connectivity index (χ0) is 11.7. The van der Waals surface area contributed by atoms with Gasteiger partial charge in [-0.05, 0) is 24.5 Å². The predicted molar refractivity (Wildman–Crippen MR) is 67.9 cm³/mol. The van der Waals surface area contributed by atoms with Crippen molar-refractivity contribution in [3.63, 3.8) is 0 Å². The summed E-state index contributed by atoms with van der Waals surface area (Å²) in [5, 5.41) is 7.15. The van der Waals surface area contributed by atoms with Crippen molar-refractivity contribution >= 4 is 21.9 Å². The third-order valence-corrected chi connectivity index (χ3v) is 3.45. The van der Waals surface area contributed by atoms with E-state index in [4.69, 9.17) is 4.52 Å². The average molecular weight is 294 g/mol. The maximum Gasteiger partial charge on any atom is 0.321 e. The highest BCUT2D eigenvalue weighted by atomic mass is 79.9. The van der Waals surface area contributed by atoms with Crippen LogP contribution in [0.3, 0.4) is 0 Å². The second-order valence-corrected chi connectivity index (χ2v) is 5.06. The molecule has 1 heterocycles. The van der Waals surface area contributed by atoms with Gasteiger partial charge >= 0.3 is 6.01 Å². The van der Waals surface area contributed by atoms with Crippen molar-refractivity contribution < 1.29 is 4.52 Å². The summed E-state index contributed by atoms with van der Waals surface area (Å²) >= 11 is 3.51. The lowest BCUT2D eigenvalue weighted by atomic mass is 10.1. The first-order chi connectivity index (χ1) is 8.31. The summed E-state index contributed by atoms with van der Waals surface area (Å²) in [6.45, 7) is 0. The van der Waals surface area contributed by atoms with Gasteiger partial charge in [-0.1, -0.05) is 39.3 Å². The van der Waals surface area contributed by atoms with E-state index in [1.807, 2.05) is 18.2 Å². The molecule has 2 aromatic rings. The zero-order valence-corrected chi connectivity index (χ0v) is 10.8. The van der Waals surface area contributed by atoms with Crippen molar-refractivity contribution in [2.45, 2.75) is 25.3 Å². The largest absolute Gasteiger partial charge is 0.335 e. The minimum atomic E-state index is 0.534. The Morgan fingerprint density at radius 2 is 2.18 bits per heavy atom. The summed E-state index contributed by atoms with van der Waals surface area (Å²) in [7, 11) is 0. The molecule has 1 aromatic carbocycles. The molecule has 3 rings (SSSR count). The third-order valence-electron chi connectivity index (χ3n) is 2.68. The van der Waals surface area contributed by atoms with Gasteiger partial charge in [0.1, 0.15) is 0 Å². The van der Waals surface area contributed by atoms with Gasteiger partial charge in [0.2, 0.25) is 0 Å². The van der Waals surface area contributed by atoms with Crippen LogP contribution in [0.2, 0.25) is 0 Å². The van der Waals surface area contributed by atoms with Gasteiger partial charge in [-0.15, -0.1) is 0 Å². The van der Waals surface area contributed by atoms with Crippen LogP contribution >= 0.6 is 15.9 Å². The second-order valence-electron chi connectivity index (χ2n) is 4.20. The molecule has 88 valence electrons. The van der Waals surface area contributed by atoms with E-state index in [1.165, 1.54) is 12.8 Å². The smallest absolute Gasteiger partial charge is 0.321 e. The first-order valence-electron chi connectivity index (χ1n) is 5.64. The van der Waals surface area contributed by atoms with Crippen molar-refractivity contribution in [3.8, 4) is 0 Å². The van der Waals surface area contributed by atoms with Crippen LogP contribution in [0.5, 0.6) is 0 Å². The summed E-state index contributed by atoms with van der Waals surface area (Å²) < 4.78 is 6.21. The van der Waals surface area contributed by atoms with Gasteiger partial charge in [-0.2, -0.15) is 4.98 Å². The van der Waals surface area contributed by atoms with Crippen LogP contribution in [0.15, 0.2) is 33.3 Å². The molecule has 0 unspecified atom stereocenters. The van der Waals surface area contributed by atoms with Gasteiger partial charge in [0.25, 0.3) is 0 Å². The Hall–Kier alpha value is -1.36. The lowest BCUT2D eigenvalue weighted by Gasteiger charge is -1.99. The van der Waals surface area contributed by atoms with Crippen LogP contribution < -0.4 is 5.32 Å². The topological polar surface area (TPSA) is 51.0 Å². The lowest BCUT2D eigenvalue weighted by Crippen LogP contribution is -2.01. The third kappa shape index (κ3) is 2.66. The summed E-state index contributed by atoms with van der Waals surface area (Å²) in [5.41, 5.74) is 1.16. The van der Waals surface area contributed by atoms with Gasteiger partial charge in [-0.3, -0.25) is 0 Å². The molecule has 1 fully saturated rings. The Kier molecular flexibility index (Phi) is 2.84. The molecule has 0 aliphatic heterocycles. The molecule has 1 aliphatic rings. The molecule has 0 spiro atoms. The fourth-order valence-corrected chi connectivity index (χ4v) is 2.02. The van der Waals surface area contributed by atoms with E-state index in [-0.39, 0.29) is 0 Å². The minimum absolute atomic E-state index is 0.534. The number of halogens is 1. The first kappa shape index (κ1) is 10.8. The summed E-state index contributed by atoms with van der Waals surface area (Å²) in [6.07, 6.45) is 3.07. The SMILES string of the molecule is Brc1ccccc1Cc1noc(NC2CC2)n1. The second kappa shape index (κ2) is 4.49. The molecule has 0 atom stereocenters. The van der Waals surface area contributed by atoms with E-state index in [1.54, 1.807) is 0 Å². The normalized spacial score (nSPS) is 14.9. The molecule has 1 aliphatic carbocycles. The molecule has 1 N–H and O–H groups in total. The van der Waals surface area contributed by atoms with Gasteiger partial charge in [-0.25, -0.2) is 0 Å². The monoisotopic (exact) mass is 293 g/mol. The maximum absolute atomic E-state index is 5.14. The van der Waals surface area contributed by atoms with E-state index in [2.05, 4.69) is 37.5 Å². The Bertz CT molecular complexity index is 522. The molecule has 0 amide bonds. The minimum Gasteiger partial charge on any atom is -0.335 e. The van der Waals surface area contributed by atoms with Crippen molar-refractivity contribution in [1.82, 2.24) is 10.1 Å². The standard InChI is InChI=1S/C12H12BrN3O/c13-10-4-2-1-3-8(10)7-11-15-12(17-16-11)14-9-5-6-9/h1-4,9H,5-7H2,(H,14,15,16). The van der Waals surface area contributed by atoms with Crippen LogP contribution in [0.1, 0.15) is 24.2 Å². The number of benzene rings is 1. The molecule has 0 saturated heterocycles. The Labute approximate surface area is 108 Å². The van der Waals surface area contributed by atoms with Crippen LogP contribution in [-0.4, -0.2) is 16.2 Å². The molecule has 1 aromatic heterocycles. The Balaban J connectivity index is 1.72. The number of hydrogen-bond acceptors (Lipinski definition) is 4. The number of rotatable bonds is 4. The molecule has 17 heavy (non-hydrogen) atoms. The van der Waals surface area contributed by atoms with Crippen LogP contribution in [0, 0.1) is 0 Å². The predicted octanol–water partition coefficient (Wildman–Crippen LogP) is 3.00. The number of nitrogens with zero attached hydrogens (tertiary/aromatic N) is 2. The van der Waals surface area contributed by atoms with Crippen molar-refractivity contribution in [2.75, 3.05) is 5.32 Å². The van der Waals surface area contributed by atoms with E-state index in [9.17, 15) is 0 Å². The van der Waals surface area contributed by atoms with E-state index in [0.717, 1.165) is 10.0 Å². The molecule has 5 heteroatoms. The van der Waals surface area contributed by atoms with Crippen molar-refractivity contribution in [2.24, 2.45) is 0 Å². The van der Waals surface area contributed by atoms with Crippen LogP contribution in [-0.2, 0) is 6.42 Å². The van der Waals surface area contributed by atoms with Gasteiger partial charge in [0.15, 0.2) is 5.82 Å². The van der Waals surface area contributed by atoms with Gasteiger partial charge in [0, 0.05) is 16.9 Å². The summed E-state index contributed by atoms with van der Waals surface area (Å²) in [4.78, 5) is 4.32. The quantitative estimate of drug-likeness (QED) is 0.941. The summed E-state index contributed by atoms with van der Waals surface area (Å²) in [6, 6.07) is 9.13. The van der Waals surface area contributed by atoms with E-state index >= 15 is 0 Å². The van der Waals surface area contributed by atoms with Gasteiger partial charge in [0.05, 0.1) is 0 Å². The number of aromatic nitrogens is 2.